The lowest BCUT2D eigenvalue weighted by Crippen LogP contribution is -2.65. The Morgan fingerprint density at radius 3 is 2.70 bits per heavy atom. The minimum Gasteiger partial charge on any atom is -0.350 e. The van der Waals surface area contributed by atoms with Gasteiger partial charge in [-0.2, -0.15) is 0 Å². The summed E-state index contributed by atoms with van der Waals surface area (Å²) in [5.74, 6) is -0.360. The van der Waals surface area contributed by atoms with Gasteiger partial charge in [0.1, 0.15) is 0 Å². The summed E-state index contributed by atoms with van der Waals surface area (Å²) in [6.45, 7) is 0. The van der Waals surface area contributed by atoms with Crippen molar-refractivity contribution < 1.29 is 9.59 Å². The molecular weight excluding hydrogens is 337 g/mol. The topological polar surface area (TPSA) is 70.2 Å². The number of rotatable bonds is 3. The Morgan fingerprint density at radius 2 is 1.96 bits per heavy atom. The first-order chi connectivity index (χ1) is 11.0. The lowest BCUT2D eigenvalue weighted by Gasteiger charge is -2.40. The van der Waals surface area contributed by atoms with E-state index in [1.165, 1.54) is 0 Å². The second-order valence-electron chi connectivity index (χ2n) is 6.10. The molecule has 1 heterocycles. The first-order valence-electron chi connectivity index (χ1n) is 7.84. The monoisotopic (exact) mass is 355 g/mol. The first-order valence-corrected chi connectivity index (χ1v) is 8.60. The highest BCUT2D eigenvalue weighted by Crippen LogP contribution is 2.26. The van der Waals surface area contributed by atoms with Crippen molar-refractivity contribution in [2.75, 3.05) is 5.32 Å². The fourth-order valence-electron chi connectivity index (χ4n) is 3.25. The van der Waals surface area contributed by atoms with Crippen LogP contribution in [0, 0.1) is 0 Å². The zero-order valence-corrected chi connectivity index (χ0v) is 14.1. The van der Waals surface area contributed by atoms with Gasteiger partial charge < -0.3 is 16.0 Å². The van der Waals surface area contributed by atoms with Crippen molar-refractivity contribution in [1.29, 1.82) is 0 Å². The van der Waals surface area contributed by atoms with E-state index < -0.39 is 6.04 Å². The highest BCUT2D eigenvalue weighted by molar-refractivity contribution is 6.36. The van der Waals surface area contributed by atoms with Gasteiger partial charge in [-0.3, -0.25) is 9.59 Å². The van der Waals surface area contributed by atoms with Gasteiger partial charge in [-0.05, 0) is 31.0 Å². The van der Waals surface area contributed by atoms with Gasteiger partial charge in [-0.1, -0.05) is 36.0 Å². The van der Waals surface area contributed by atoms with Crippen LogP contribution in [0.1, 0.15) is 32.1 Å². The number of piperazine rings is 1. The summed E-state index contributed by atoms with van der Waals surface area (Å²) in [6.07, 6.45) is 4.41. The molecular formula is C16H19Cl2N3O2. The largest absolute Gasteiger partial charge is 0.350 e. The van der Waals surface area contributed by atoms with E-state index in [-0.39, 0.29) is 30.3 Å². The fourth-order valence-corrected chi connectivity index (χ4v) is 3.71. The quantitative estimate of drug-likeness (QED) is 0.780. The Labute approximate surface area is 145 Å². The number of carbonyl (C=O) groups excluding carboxylic acids is 2. The normalized spacial score (nSPS) is 27.0. The summed E-state index contributed by atoms with van der Waals surface area (Å²) in [5.41, 5.74) is 0.493. The van der Waals surface area contributed by atoms with Gasteiger partial charge in [0.05, 0.1) is 23.2 Å². The second-order valence-corrected chi connectivity index (χ2v) is 6.95. The summed E-state index contributed by atoms with van der Waals surface area (Å²) in [6, 6.07) is 4.83. The molecule has 3 N–H and O–H groups in total. The predicted molar refractivity (Wildman–Crippen MR) is 90.8 cm³/mol. The zero-order chi connectivity index (χ0) is 16.4. The molecule has 0 aromatic heterocycles. The van der Waals surface area contributed by atoms with Crippen LogP contribution in [0.25, 0.3) is 0 Å². The average molecular weight is 356 g/mol. The second kappa shape index (κ2) is 7.07. The van der Waals surface area contributed by atoms with Gasteiger partial charge in [-0.15, -0.1) is 0 Å². The number of benzene rings is 1. The van der Waals surface area contributed by atoms with Crippen LogP contribution in [0.3, 0.4) is 0 Å². The Morgan fingerprint density at radius 1 is 1.22 bits per heavy atom. The zero-order valence-electron chi connectivity index (χ0n) is 12.6. The van der Waals surface area contributed by atoms with E-state index in [1.807, 2.05) is 0 Å². The SMILES string of the molecule is O=C(C[C@@H]1N[C@@H]2CCCC[C@H]2NC1=O)Nc1ccc(Cl)cc1Cl. The van der Waals surface area contributed by atoms with Gasteiger partial charge in [0.15, 0.2) is 0 Å². The van der Waals surface area contributed by atoms with E-state index in [4.69, 9.17) is 23.2 Å². The average Bonchev–Trinajstić information content (AvgIpc) is 2.51. The van der Waals surface area contributed by atoms with Crippen molar-refractivity contribution in [2.24, 2.45) is 0 Å². The molecule has 7 heteroatoms. The third kappa shape index (κ3) is 3.97. The number of amides is 2. The number of hydrogen-bond acceptors (Lipinski definition) is 3. The van der Waals surface area contributed by atoms with Gasteiger partial charge in [0.2, 0.25) is 11.8 Å². The molecule has 2 aliphatic rings. The molecule has 1 saturated carbocycles. The Kier molecular flexibility index (Phi) is 5.09. The number of halogens is 2. The Bertz CT molecular complexity index is 623. The maximum absolute atomic E-state index is 12.2. The summed E-state index contributed by atoms with van der Waals surface area (Å²) in [4.78, 5) is 24.4. The number of anilines is 1. The van der Waals surface area contributed by atoms with Crippen molar-refractivity contribution in [3.8, 4) is 0 Å². The van der Waals surface area contributed by atoms with Gasteiger partial charge in [0, 0.05) is 17.1 Å². The lowest BCUT2D eigenvalue weighted by atomic mass is 9.87. The van der Waals surface area contributed by atoms with Crippen molar-refractivity contribution >= 4 is 40.7 Å². The maximum atomic E-state index is 12.2. The molecule has 0 radical (unpaired) electrons. The summed E-state index contributed by atoms with van der Waals surface area (Å²) in [7, 11) is 0. The van der Waals surface area contributed by atoms with E-state index in [2.05, 4.69) is 16.0 Å². The molecule has 1 aliphatic carbocycles. The lowest BCUT2D eigenvalue weighted by molar-refractivity contribution is -0.129. The van der Waals surface area contributed by atoms with E-state index >= 15 is 0 Å². The molecule has 124 valence electrons. The highest BCUT2D eigenvalue weighted by Gasteiger charge is 2.36. The molecule has 3 rings (SSSR count). The molecule has 1 aromatic carbocycles. The number of carbonyl (C=O) groups is 2. The van der Waals surface area contributed by atoms with Crippen LogP contribution >= 0.6 is 23.2 Å². The Balaban J connectivity index is 1.59. The molecule has 2 amide bonds. The number of nitrogens with one attached hydrogen (secondary N) is 3. The van der Waals surface area contributed by atoms with E-state index in [1.54, 1.807) is 18.2 Å². The minimum absolute atomic E-state index is 0.0774. The molecule has 2 fully saturated rings. The van der Waals surface area contributed by atoms with E-state index in [0.29, 0.717) is 15.7 Å². The third-order valence-electron chi connectivity index (χ3n) is 4.42. The molecule has 3 atom stereocenters. The van der Waals surface area contributed by atoms with Crippen molar-refractivity contribution in [1.82, 2.24) is 10.6 Å². The molecule has 23 heavy (non-hydrogen) atoms. The first kappa shape index (κ1) is 16.6. The van der Waals surface area contributed by atoms with Crippen molar-refractivity contribution in [3.05, 3.63) is 28.2 Å². The summed E-state index contributed by atoms with van der Waals surface area (Å²) < 4.78 is 0. The van der Waals surface area contributed by atoms with E-state index in [0.717, 1.165) is 25.7 Å². The van der Waals surface area contributed by atoms with Crippen LogP contribution in [-0.2, 0) is 9.59 Å². The van der Waals surface area contributed by atoms with Crippen LogP contribution in [-0.4, -0.2) is 29.9 Å². The number of fused-ring (bicyclic) bond motifs is 1. The molecule has 1 saturated heterocycles. The van der Waals surface area contributed by atoms with Gasteiger partial charge in [0.25, 0.3) is 0 Å². The summed E-state index contributed by atoms with van der Waals surface area (Å²) in [5, 5.41) is 9.96. The number of hydrogen-bond donors (Lipinski definition) is 3. The van der Waals surface area contributed by atoms with E-state index in [9.17, 15) is 9.59 Å². The van der Waals surface area contributed by atoms with Crippen LogP contribution in [0.2, 0.25) is 10.0 Å². The molecule has 0 bridgehead atoms. The predicted octanol–water partition coefficient (Wildman–Crippen LogP) is 2.72. The summed E-state index contributed by atoms with van der Waals surface area (Å²) >= 11 is 11.9. The standard InChI is InChI=1S/C16H19Cl2N3O2/c17-9-5-6-11(10(18)7-9)20-15(22)8-14-16(23)21-13-4-2-1-3-12(13)19-14/h5-7,12-14,19H,1-4,8H2,(H,20,22)(H,21,23)/t12-,13-,14+/m1/s1. The van der Waals surface area contributed by atoms with Crippen LogP contribution in [0.15, 0.2) is 18.2 Å². The van der Waals surface area contributed by atoms with Crippen molar-refractivity contribution in [3.63, 3.8) is 0 Å². The molecule has 5 nitrogen and oxygen atoms in total. The minimum atomic E-state index is -0.500. The van der Waals surface area contributed by atoms with Crippen molar-refractivity contribution in [2.45, 2.75) is 50.2 Å². The highest BCUT2D eigenvalue weighted by atomic mass is 35.5. The fraction of sp³-hybridized carbons (Fsp3) is 0.500. The van der Waals surface area contributed by atoms with Gasteiger partial charge in [-0.25, -0.2) is 0 Å². The third-order valence-corrected chi connectivity index (χ3v) is 4.97. The smallest absolute Gasteiger partial charge is 0.237 e. The van der Waals surface area contributed by atoms with Gasteiger partial charge >= 0.3 is 0 Å². The van der Waals surface area contributed by atoms with Crippen LogP contribution < -0.4 is 16.0 Å². The molecule has 0 unspecified atom stereocenters. The van der Waals surface area contributed by atoms with Crippen LogP contribution in [0.4, 0.5) is 5.69 Å². The Hall–Kier alpha value is -1.30. The molecule has 1 aliphatic heterocycles. The molecule has 0 spiro atoms. The van der Waals surface area contributed by atoms with Crippen LogP contribution in [0.5, 0.6) is 0 Å². The molecule has 1 aromatic rings. The maximum Gasteiger partial charge on any atom is 0.237 e.